The molecule has 1 aliphatic heterocycles. The van der Waals surface area contributed by atoms with Crippen molar-refractivity contribution in [2.24, 2.45) is 0 Å². The van der Waals surface area contributed by atoms with Gasteiger partial charge in [-0.15, -0.1) is 0 Å². The van der Waals surface area contributed by atoms with Crippen LogP contribution < -0.4 is 5.32 Å². The van der Waals surface area contributed by atoms with E-state index < -0.39 is 10.0 Å². The van der Waals surface area contributed by atoms with Crippen LogP contribution in [0.5, 0.6) is 0 Å². The number of rotatable bonds is 5. The Kier molecular flexibility index (Phi) is 5.97. The number of carbonyl (C=O) groups is 1. The van der Waals surface area contributed by atoms with Crippen molar-refractivity contribution in [1.82, 2.24) is 14.5 Å². The van der Waals surface area contributed by atoms with E-state index >= 15 is 0 Å². The van der Waals surface area contributed by atoms with Crippen molar-refractivity contribution < 1.29 is 17.9 Å². The topological polar surface area (TPSA) is 79.0 Å². The molecule has 0 atom stereocenters. The van der Waals surface area contributed by atoms with Gasteiger partial charge < -0.3 is 15.0 Å². The van der Waals surface area contributed by atoms with Gasteiger partial charge in [0.1, 0.15) is 0 Å². The van der Waals surface area contributed by atoms with Gasteiger partial charge in [0.2, 0.25) is 10.0 Å². The molecule has 23 heavy (non-hydrogen) atoms. The normalized spacial score (nSPS) is 16.3. The van der Waals surface area contributed by atoms with Gasteiger partial charge in [-0.1, -0.05) is 24.3 Å². The molecule has 0 aromatic heterocycles. The van der Waals surface area contributed by atoms with Crippen molar-refractivity contribution in [2.45, 2.75) is 13.2 Å². The Morgan fingerprint density at radius 2 is 1.78 bits per heavy atom. The number of piperazine rings is 1. The molecule has 1 heterocycles. The number of nitrogens with zero attached hydrogens (tertiary/aromatic N) is 2. The van der Waals surface area contributed by atoms with Gasteiger partial charge in [0.15, 0.2) is 0 Å². The zero-order chi connectivity index (χ0) is 16.9. The molecule has 0 bridgehead atoms. The van der Waals surface area contributed by atoms with Crippen LogP contribution in [0.25, 0.3) is 0 Å². The van der Waals surface area contributed by atoms with Gasteiger partial charge in [-0.05, 0) is 11.1 Å². The molecule has 0 aliphatic carbocycles. The fourth-order valence-corrected chi connectivity index (χ4v) is 3.36. The summed E-state index contributed by atoms with van der Waals surface area (Å²) in [7, 11) is -1.55. The molecule has 0 saturated carbocycles. The van der Waals surface area contributed by atoms with Crippen LogP contribution in [0.4, 0.5) is 4.79 Å². The lowest BCUT2D eigenvalue weighted by Gasteiger charge is -2.33. The maximum absolute atomic E-state index is 12.2. The first kappa shape index (κ1) is 17.7. The number of sulfonamides is 1. The highest BCUT2D eigenvalue weighted by molar-refractivity contribution is 7.88. The summed E-state index contributed by atoms with van der Waals surface area (Å²) in [6.07, 6.45) is 1.19. The maximum Gasteiger partial charge on any atom is 0.317 e. The number of benzene rings is 1. The van der Waals surface area contributed by atoms with Gasteiger partial charge in [0.05, 0.1) is 12.9 Å². The van der Waals surface area contributed by atoms with Crippen LogP contribution in [0.15, 0.2) is 24.3 Å². The van der Waals surface area contributed by atoms with Crippen molar-refractivity contribution >= 4 is 16.1 Å². The van der Waals surface area contributed by atoms with Crippen molar-refractivity contribution in [2.75, 3.05) is 39.5 Å². The molecule has 0 unspecified atom stereocenters. The lowest BCUT2D eigenvalue weighted by molar-refractivity contribution is 0.171. The van der Waals surface area contributed by atoms with Gasteiger partial charge >= 0.3 is 6.03 Å². The van der Waals surface area contributed by atoms with E-state index in [0.29, 0.717) is 39.3 Å². The molecular weight excluding hydrogens is 318 g/mol. The van der Waals surface area contributed by atoms with Crippen LogP contribution in [0.2, 0.25) is 0 Å². The number of ether oxygens (including phenoxy) is 1. The molecule has 2 amide bonds. The summed E-state index contributed by atoms with van der Waals surface area (Å²) in [6, 6.07) is 7.60. The minimum absolute atomic E-state index is 0.176. The molecule has 7 nitrogen and oxygen atoms in total. The molecule has 1 aliphatic rings. The summed E-state index contributed by atoms with van der Waals surface area (Å²) < 4.78 is 29.5. The second-order valence-electron chi connectivity index (χ2n) is 5.51. The first-order valence-electron chi connectivity index (χ1n) is 7.45. The second kappa shape index (κ2) is 7.76. The maximum atomic E-state index is 12.2. The lowest BCUT2D eigenvalue weighted by Crippen LogP contribution is -2.52. The number of methoxy groups -OCH3 is 1. The van der Waals surface area contributed by atoms with Crippen LogP contribution in [0.3, 0.4) is 0 Å². The summed E-state index contributed by atoms with van der Waals surface area (Å²) in [5.41, 5.74) is 2.05. The van der Waals surface area contributed by atoms with Crippen LogP contribution >= 0.6 is 0 Å². The van der Waals surface area contributed by atoms with E-state index in [1.165, 1.54) is 10.6 Å². The van der Waals surface area contributed by atoms with Crippen LogP contribution in [0.1, 0.15) is 11.1 Å². The highest BCUT2D eigenvalue weighted by Gasteiger charge is 2.25. The van der Waals surface area contributed by atoms with E-state index in [2.05, 4.69) is 5.32 Å². The average molecular weight is 341 g/mol. The predicted octanol–water partition coefficient (Wildman–Crippen LogP) is 0.620. The molecule has 1 aromatic rings. The molecule has 0 spiro atoms. The Labute approximate surface area is 137 Å². The monoisotopic (exact) mass is 341 g/mol. The number of amides is 2. The zero-order valence-electron chi connectivity index (χ0n) is 13.5. The first-order chi connectivity index (χ1) is 10.9. The summed E-state index contributed by atoms with van der Waals surface area (Å²) in [4.78, 5) is 13.9. The number of urea groups is 1. The molecule has 1 N–H and O–H groups in total. The van der Waals surface area contributed by atoms with Gasteiger partial charge in [-0.25, -0.2) is 13.2 Å². The highest BCUT2D eigenvalue weighted by Crippen LogP contribution is 2.10. The zero-order valence-corrected chi connectivity index (χ0v) is 14.3. The van der Waals surface area contributed by atoms with E-state index in [1.807, 2.05) is 24.3 Å². The summed E-state index contributed by atoms with van der Waals surface area (Å²) in [6.45, 7) is 2.40. The first-order valence-corrected chi connectivity index (χ1v) is 9.30. The minimum Gasteiger partial charge on any atom is -0.380 e. The Bertz CT molecular complexity index is 640. The molecule has 8 heteroatoms. The highest BCUT2D eigenvalue weighted by atomic mass is 32.2. The largest absolute Gasteiger partial charge is 0.380 e. The Morgan fingerprint density at radius 1 is 1.17 bits per heavy atom. The number of nitrogens with one attached hydrogen (secondary N) is 1. The summed E-state index contributed by atoms with van der Waals surface area (Å²) >= 11 is 0. The number of hydrogen-bond acceptors (Lipinski definition) is 4. The Hall–Kier alpha value is -1.64. The smallest absolute Gasteiger partial charge is 0.317 e. The van der Waals surface area contributed by atoms with Gasteiger partial charge in [-0.2, -0.15) is 4.31 Å². The molecule has 2 rings (SSSR count). The third-order valence-corrected chi connectivity index (χ3v) is 5.15. The van der Waals surface area contributed by atoms with Gasteiger partial charge in [-0.3, -0.25) is 0 Å². The number of hydrogen-bond donors (Lipinski definition) is 1. The van der Waals surface area contributed by atoms with E-state index in [9.17, 15) is 13.2 Å². The number of carbonyl (C=O) groups excluding carboxylic acids is 1. The fraction of sp³-hybridized carbons (Fsp3) is 0.533. The van der Waals surface area contributed by atoms with Crippen LogP contribution in [0, 0.1) is 0 Å². The third kappa shape index (κ3) is 4.92. The molecule has 1 saturated heterocycles. The molecule has 128 valence electrons. The second-order valence-corrected chi connectivity index (χ2v) is 7.49. The quantitative estimate of drug-likeness (QED) is 0.851. The van der Waals surface area contributed by atoms with Crippen molar-refractivity contribution in [3.05, 3.63) is 35.4 Å². The lowest BCUT2D eigenvalue weighted by atomic mass is 10.1. The summed E-state index contributed by atoms with van der Waals surface area (Å²) in [5, 5.41) is 2.88. The molecule has 0 radical (unpaired) electrons. The van der Waals surface area contributed by atoms with E-state index in [1.54, 1.807) is 12.0 Å². The Morgan fingerprint density at radius 3 is 2.35 bits per heavy atom. The van der Waals surface area contributed by atoms with Crippen LogP contribution in [-0.4, -0.2) is 63.2 Å². The van der Waals surface area contributed by atoms with Crippen LogP contribution in [-0.2, 0) is 27.9 Å². The molecule has 1 fully saturated rings. The standard InChI is InChI=1S/C15H23N3O4S/c1-22-12-14-6-4-3-5-13(14)11-16-15(19)17-7-9-18(10-8-17)23(2,20)21/h3-6H,7-12H2,1-2H3,(H,16,19). The SMILES string of the molecule is COCc1ccccc1CNC(=O)N1CCN(S(C)(=O)=O)CC1. The van der Waals surface area contributed by atoms with Gasteiger partial charge in [0, 0.05) is 39.8 Å². The summed E-state index contributed by atoms with van der Waals surface area (Å²) in [5.74, 6) is 0. The van der Waals surface area contributed by atoms with Crippen molar-refractivity contribution in [1.29, 1.82) is 0 Å². The minimum atomic E-state index is -3.18. The molecule has 1 aromatic carbocycles. The van der Waals surface area contributed by atoms with Crippen molar-refractivity contribution in [3.63, 3.8) is 0 Å². The molecular formula is C15H23N3O4S. The van der Waals surface area contributed by atoms with Crippen molar-refractivity contribution in [3.8, 4) is 0 Å². The van der Waals surface area contributed by atoms with E-state index in [0.717, 1.165) is 11.1 Å². The third-order valence-electron chi connectivity index (χ3n) is 3.84. The van der Waals surface area contributed by atoms with E-state index in [4.69, 9.17) is 4.74 Å². The average Bonchev–Trinajstić information content (AvgIpc) is 2.53. The predicted molar refractivity (Wildman–Crippen MR) is 87.4 cm³/mol. The van der Waals surface area contributed by atoms with E-state index in [-0.39, 0.29) is 6.03 Å². The van der Waals surface area contributed by atoms with Gasteiger partial charge in [0.25, 0.3) is 0 Å². The fourth-order valence-electron chi connectivity index (χ4n) is 2.53. The Balaban J connectivity index is 1.87.